The molecule has 1 atom stereocenters. The highest BCUT2D eigenvalue weighted by molar-refractivity contribution is 5.37. The first kappa shape index (κ1) is 19.5. The molecule has 0 aliphatic rings. The zero-order valence-electron chi connectivity index (χ0n) is 14.3. The molecule has 130 valence electrons. The summed E-state index contributed by atoms with van der Waals surface area (Å²) in [6.45, 7) is 11.2. The summed E-state index contributed by atoms with van der Waals surface area (Å²) in [7, 11) is 0. The van der Waals surface area contributed by atoms with E-state index in [1.54, 1.807) is 0 Å². The summed E-state index contributed by atoms with van der Waals surface area (Å²) < 4.78 is 13.4. The second-order valence-corrected chi connectivity index (χ2v) is 6.82. The van der Waals surface area contributed by atoms with Gasteiger partial charge in [0, 0.05) is 25.7 Å². The maximum Gasteiger partial charge on any atom is 0.305 e. The van der Waals surface area contributed by atoms with E-state index in [1.165, 1.54) is 6.07 Å². The van der Waals surface area contributed by atoms with Gasteiger partial charge in [0.15, 0.2) is 0 Å². The SMILES string of the molecule is CC(C)CN(CCC(O)c1ccc(F)c([N+](=O)[O-])c1)CC(C)C. The van der Waals surface area contributed by atoms with Crippen LogP contribution in [-0.4, -0.2) is 34.6 Å². The maximum atomic E-state index is 13.4. The molecule has 0 aliphatic carbocycles. The van der Waals surface area contributed by atoms with E-state index in [4.69, 9.17) is 0 Å². The number of nitrogens with zero attached hydrogens (tertiary/aromatic N) is 2. The van der Waals surface area contributed by atoms with Gasteiger partial charge in [-0.05, 0) is 29.9 Å². The van der Waals surface area contributed by atoms with Gasteiger partial charge in [0.25, 0.3) is 0 Å². The van der Waals surface area contributed by atoms with Gasteiger partial charge in [-0.15, -0.1) is 0 Å². The number of aliphatic hydroxyl groups is 1. The van der Waals surface area contributed by atoms with E-state index in [0.29, 0.717) is 30.4 Å². The second kappa shape index (κ2) is 8.93. The van der Waals surface area contributed by atoms with Crippen LogP contribution in [0.1, 0.15) is 45.8 Å². The Labute approximate surface area is 137 Å². The van der Waals surface area contributed by atoms with Crippen LogP contribution >= 0.6 is 0 Å². The highest BCUT2D eigenvalue weighted by atomic mass is 19.1. The number of nitro benzene ring substituents is 1. The largest absolute Gasteiger partial charge is 0.388 e. The van der Waals surface area contributed by atoms with Crippen molar-refractivity contribution < 1.29 is 14.4 Å². The molecule has 1 unspecified atom stereocenters. The fourth-order valence-electron chi connectivity index (χ4n) is 2.64. The maximum absolute atomic E-state index is 13.4. The van der Waals surface area contributed by atoms with Crippen molar-refractivity contribution in [3.63, 3.8) is 0 Å². The van der Waals surface area contributed by atoms with Gasteiger partial charge in [-0.1, -0.05) is 33.8 Å². The number of hydrogen-bond acceptors (Lipinski definition) is 4. The molecule has 1 aromatic carbocycles. The molecule has 1 rings (SSSR count). The molecule has 0 bridgehead atoms. The molecular weight excluding hydrogens is 299 g/mol. The van der Waals surface area contributed by atoms with E-state index < -0.39 is 22.5 Å². The molecule has 6 heteroatoms. The number of nitro groups is 1. The van der Waals surface area contributed by atoms with Crippen LogP contribution in [-0.2, 0) is 0 Å². The third-order valence-corrected chi connectivity index (χ3v) is 3.52. The standard InChI is InChI=1S/C17H27FN2O3/c1-12(2)10-19(11-13(3)4)8-7-17(21)14-5-6-15(18)16(9-14)20(22)23/h5-6,9,12-13,17,21H,7-8,10-11H2,1-4H3. The zero-order chi connectivity index (χ0) is 17.6. The van der Waals surface area contributed by atoms with Crippen molar-refractivity contribution in [3.05, 3.63) is 39.7 Å². The number of rotatable bonds is 9. The molecule has 0 amide bonds. The molecule has 1 aromatic rings. The van der Waals surface area contributed by atoms with Gasteiger partial charge in [-0.2, -0.15) is 4.39 Å². The number of benzene rings is 1. The average molecular weight is 326 g/mol. The van der Waals surface area contributed by atoms with Crippen LogP contribution in [0.3, 0.4) is 0 Å². The first-order valence-corrected chi connectivity index (χ1v) is 8.05. The summed E-state index contributed by atoms with van der Waals surface area (Å²) in [6.07, 6.45) is -0.376. The summed E-state index contributed by atoms with van der Waals surface area (Å²) in [6, 6.07) is 3.56. The lowest BCUT2D eigenvalue weighted by molar-refractivity contribution is -0.387. The molecule has 0 saturated heterocycles. The van der Waals surface area contributed by atoms with Crippen molar-refractivity contribution in [1.29, 1.82) is 0 Å². The van der Waals surface area contributed by atoms with Crippen LogP contribution in [0.2, 0.25) is 0 Å². The molecule has 0 aliphatic heterocycles. The van der Waals surface area contributed by atoms with Gasteiger partial charge in [-0.25, -0.2) is 0 Å². The molecule has 0 fully saturated rings. The second-order valence-electron chi connectivity index (χ2n) is 6.82. The number of halogens is 1. The van der Waals surface area contributed by atoms with Crippen LogP contribution < -0.4 is 0 Å². The van der Waals surface area contributed by atoms with Gasteiger partial charge >= 0.3 is 5.69 Å². The van der Waals surface area contributed by atoms with Gasteiger partial charge in [0.05, 0.1) is 11.0 Å². The first-order chi connectivity index (χ1) is 10.7. The van der Waals surface area contributed by atoms with E-state index in [-0.39, 0.29) is 0 Å². The zero-order valence-corrected chi connectivity index (χ0v) is 14.3. The van der Waals surface area contributed by atoms with Gasteiger partial charge in [-0.3, -0.25) is 10.1 Å². The van der Waals surface area contributed by atoms with Crippen molar-refractivity contribution in [1.82, 2.24) is 4.90 Å². The monoisotopic (exact) mass is 326 g/mol. The van der Waals surface area contributed by atoms with E-state index >= 15 is 0 Å². The molecule has 0 heterocycles. The smallest absolute Gasteiger partial charge is 0.305 e. The quantitative estimate of drug-likeness (QED) is 0.554. The van der Waals surface area contributed by atoms with Gasteiger partial charge in [0.2, 0.25) is 5.82 Å². The molecular formula is C17H27FN2O3. The van der Waals surface area contributed by atoms with Crippen molar-refractivity contribution >= 4 is 5.69 Å². The molecule has 0 radical (unpaired) electrons. The third-order valence-electron chi connectivity index (χ3n) is 3.52. The van der Waals surface area contributed by atoms with Crippen LogP contribution in [0.5, 0.6) is 0 Å². The molecule has 0 saturated carbocycles. The summed E-state index contributed by atoms with van der Waals surface area (Å²) in [4.78, 5) is 12.3. The number of hydrogen-bond donors (Lipinski definition) is 1. The third kappa shape index (κ3) is 6.62. The Morgan fingerprint density at radius 2 is 1.78 bits per heavy atom. The first-order valence-electron chi connectivity index (χ1n) is 8.05. The number of aliphatic hydroxyl groups excluding tert-OH is 1. The van der Waals surface area contributed by atoms with E-state index in [9.17, 15) is 19.6 Å². The lowest BCUT2D eigenvalue weighted by atomic mass is 10.0. The Balaban J connectivity index is 2.72. The fourth-order valence-corrected chi connectivity index (χ4v) is 2.64. The van der Waals surface area contributed by atoms with Crippen molar-refractivity contribution in [2.75, 3.05) is 19.6 Å². The Kier molecular flexibility index (Phi) is 7.58. The predicted octanol–water partition coefficient (Wildman–Crippen LogP) is 3.77. The van der Waals surface area contributed by atoms with Crippen LogP contribution in [0.25, 0.3) is 0 Å². The van der Waals surface area contributed by atoms with Crippen LogP contribution in [0.15, 0.2) is 18.2 Å². The minimum absolute atomic E-state index is 0.382. The van der Waals surface area contributed by atoms with Crippen molar-refractivity contribution in [3.8, 4) is 0 Å². The Morgan fingerprint density at radius 3 is 2.26 bits per heavy atom. The molecule has 0 spiro atoms. The average Bonchev–Trinajstić information content (AvgIpc) is 2.43. The van der Waals surface area contributed by atoms with Crippen LogP contribution in [0.4, 0.5) is 10.1 Å². The van der Waals surface area contributed by atoms with Crippen molar-refractivity contribution in [2.24, 2.45) is 11.8 Å². The topological polar surface area (TPSA) is 66.6 Å². The fraction of sp³-hybridized carbons (Fsp3) is 0.647. The molecule has 0 aromatic heterocycles. The van der Waals surface area contributed by atoms with Gasteiger partial charge in [0.1, 0.15) is 0 Å². The lowest BCUT2D eigenvalue weighted by Crippen LogP contribution is -2.33. The highest BCUT2D eigenvalue weighted by Crippen LogP contribution is 2.24. The Bertz CT molecular complexity index is 511. The lowest BCUT2D eigenvalue weighted by Gasteiger charge is -2.27. The minimum atomic E-state index is -0.882. The Hall–Kier alpha value is -1.53. The molecule has 1 N–H and O–H groups in total. The summed E-state index contributed by atoms with van der Waals surface area (Å²) in [5.74, 6) is 0.169. The Morgan fingerprint density at radius 1 is 1.22 bits per heavy atom. The van der Waals surface area contributed by atoms with Gasteiger partial charge < -0.3 is 10.0 Å². The normalized spacial score (nSPS) is 13.1. The van der Waals surface area contributed by atoms with E-state index in [0.717, 1.165) is 25.2 Å². The van der Waals surface area contributed by atoms with E-state index in [1.807, 2.05) is 0 Å². The van der Waals surface area contributed by atoms with Crippen molar-refractivity contribution in [2.45, 2.75) is 40.2 Å². The summed E-state index contributed by atoms with van der Waals surface area (Å²) in [5, 5.41) is 21.0. The highest BCUT2D eigenvalue weighted by Gasteiger charge is 2.19. The molecule has 5 nitrogen and oxygen atoms in total. The summed E-state index contributed by atoms with van der Waals surface area (Å²) in [5.41, 5.74) is -0.213. The van der Waals surface area contributed by atoms with Crippen LogP contribution in [0, 0.1) is 27.8 Å². The predicted molar refractivity (Wildman–Crippen MR) is 88.7 cm³/mol. The summed E-state index contributed by atoms with van der Waals surface area (Å²) >= 11 is 0. The van der Waals surface area contributed by atoms with E-state index in [2.05, 4.69) is 32.6 Å². The molecule has 23 heavy (non-hydrogen) atoms. The minimum Gasteiger partial charge on any atom is -0.388 e.